The monoisotopic (exact) mass is 336 g/mol. The fourth-order valence-corrected chi connectivity index (χ4v) is 3.45. The zero-order chi connectivity index (χ0) is 16.4. The summed E-state index contributed by atoms with van der Waals surface area (Å²) in [6.45, 7) is 4.77. The molecule has 1 fully saturated rings. The molecule has 0 unspecified atom stereocenters. The van der Waals surface area contributed by atoms with E-state index < -0.39 is 5.76 Å². The van der Waals surface area contributed by atoms with Crippen LogP contribution in [0.5, 0.6) is 0 Å². The maximum atomic E-state index is 12.4. The molecule has 1 saturated heterocycles. The van der Waals surface area contributed by atoms with Gasteiger partial charge in [-0.15, -0.1) is 16.4 Å². The molecule has 0 aromatic carbocycles. The minimum atomic E-state index is -0.521. The third kappa shape index (κ3) is 3.53. The van der Waals surface area contributed by atoms with Crippen LogP contribution >= 0.6 is 11.3 Å². The number of aryl methyl sites for hydroxylation is 1. The van der Waals surface area contributed by atoms with Gasteiger partial charge in [0.25, 0.3) is 5.89 Å². The normalized spacial score (nSPS) is 19.2. The molecule has 8 heteroatoms. The minimum absolute atomic E-state index is 0.0539. The summed E-state index contributed by atoms with van der Waals surface area (Å²) < 4.78 is 6.38. The lowest BCUT2D eigenvalue weighted by Crippen LogP contribution is -2.52. The van der Waals surface area contributed by atoms with E-state index in [1.165, 1.54) is 16.0 Å². The zero-order valence-corrected chi connectivity index (χ0v) is 14.1. The summed E-state index contributed by atoms with van der Waals surface area (Å²) in [7, 11) is 2.05. The Labute approximate surface area is 138 Å². The summed E-state index contributed by atoms with van der Waals surface area (Å²) in [6.07, 6.45) is 0.254. The van der Waals surface area contributed by atoms with Crippen molar-refractivity contribution in [1.82, 2.24) is 19.6 Å². The van der Waals surface area contributed by atoms with Crippen LogP contribution in [0.3, 0.4) is 0 Å². The van der Waals surface area contributed by atoms with Gasteiger partial charge in [0, 0.05) is 32.1 Å². The summed E-state index contributed by atoms with van der Waals surface area (Å²) in [5.74, 6) is -0.156. The second-order valence-corrected chi connectivity index (χ2v) is 6.77. The number of carbonyl (C=O) groups excluding carboxylic acids is 1. The molecule has 3 heterocycles. The number of piperazine rings is 1. The number of hydrogen-bond acceptors (Lipinski definition) is 6. The van der Waals surface area contributed by atoms with Crippen molar-refractivity contribution < 1.29 is 9.21 Å². The van der Waals surface area contributed by atoms with E-state index >= 15 is 0 Å². The van der Waals surface area contributed by atoms with Crippen LogP contribution in [0.25, 0.3) is 10.8 Å². The summed E-state index contributed by atoms with van der Waals surface area (Å²) in [5, 5.41) is 6.06. The predicted molar refractivity (Wildman–Crippen MR) is 87.4 cm³/mol. The molecule has 0 bridgehead atoms. The van der Waals surface area contributed by atoms with Crippen LogP contribution in [-0.4, -0.2) is 58.2 Å². The number of likely N-dealkylation sites (N-methyl/N-ethyl adjacent to an activating group) is 1. The van der Waals surface area contributed by atoms with E-state index in [1.807, 2.05) is 29.3 Å². The summed E-state index contributed by atoms with van der Waals surface area (Å²) in [4.78, 5) is 29.1. The molecule has 3 rings (SSSR count). The highest BCUT2D eigenvalue weighted by molar-refractivity contribution is 7.13. The van der Waals surface area contributed by atoms with Gasteiger partial charge in [-0.05, 0) is 25.4 Å². The number of amides is 1. The number of nitrogens with zero attached hydrogens (tertiary/aromatic N) is 4. The molecule has 7 nitrogen and oxygen atoms in total. The van der Waals surface area contributed by atoms with Gasteiger partial charge in [-0.1, -0.05) is 6.07 Å². The van der Waals surface area contributed by atoms with Crippen molar-refractivity contribution in [2.75, 3.05) is 26.7 Å². The highest BCUT2D eigenvalue weighted by atomic mass is 32.1. The molecular weight excluding hydrogens is 316 g/mol. The fourth-order valence-electron chi connectivity index (χ4n) is 2.80. The Morgan fingerprint density at radius 1 is 1.48 bits per heavy atom. The van der Waals surface area contributed by atoms with E-state index in [0.717, 1.165) is 24.5 Å². The van der Waals surface area contributed by atoms with E-state index in [2.05, 4.69) is 17.0 Å². The molecule has 23 heavy (non-hydrogen) atoms. The average Bonchev–Trinajstić information content (AvgIpc) is 3.14. The quantitative estimate of drug-likeness (QED) is 0.837. The van der Waals surface area contributed by atoms with E-state index in [-0.39, 0.29) is 24.9 Å². The van der Waals surface area contributed by atoms with Crippen molar-refractivity contribution in [2.24, 2.45) is 0 Å². The topological polar surface area (TPSA) is 71.6 Å². The second kappa shape index (κ2) is 6.67. The second-order valence-electron chi connectivity index (χ2n) is 5.82. The van der Waals surface area contributed by atoms with Crippen molar-refractivity contribution in [1.29, 1.82) is 0 Å². The Morgan fingerprint density at radius 2 is 2.30 bits per heavy atom. The van der Waals surface area contributed by atoms with Crippen LogP contribution in [-0.2, 0) is 11.3 Å². The largest absolute Gasteiger partial charge is 0.437 e. The molecule has 1 aliphatic heterocycles. The Kier molecular flexibility index (Phi) is 4.63. The van der Waals surface area contributed by atoms with Crippen molar-refractivity contribution in [3.63, 3.8) is 0 Å². The van der Waals surface area contributed by atoms with Crippen molar-refractivity contribution in [3.05, 3.63) is 28.1 Å². The highest BCUT2D eigenvalue weighted by Gasteiger charge is 2.25. The number of thiophene rings is 1. The van der Waals surface area contributed by atoms with Gasteiger partial charge < -0.3 is 14.2 Å². The maximum Gasteiger partial charge on any atom is 0.437 e. The smallest absolute Gasteiger partial charge is 0.387 e. The average molecular weight is 336 g/mol. The lowest BCUT2D eigenvalue weighted by molar-refractivity contribution is -0.135. The van der Waals surface area contributed by atoms with Crippen LogP contribution in [0.2, 0.25) is 0 Å². The van der Waals surface area contributed by atoms with Crippen molar-refractivity contribution >= 4 is 17.2 Å². The maximum absolute atomic E-state index is 12.4. The van der Waals surface area contributed by atoms with Crippen LogP contribution < -0.4 is 5.76 Å². The van der Waals surface area contributed by atoms with E-state index in [0.29, 0.717) is 5.89 Å². The summed E-state index contributed by atoms with van der Waals surface area (Å²) in [5.41, 5.74) is 0. The van der Waals surface area contributed by atoms with Gasteiger partial charge in [-0.2, -0.15) is 4.68 Å². The lowest BCUT2D eigenvalue weighted by Gasteiger charge is -2.38. The number of aromatic nitrogens is 2. The fraction of sp³-hybridized carbons (Fsp3) is 0.533. The number of rotatable bonds is 4. The Hall–Kier alpha value is -1.93. The summed E-state index contributed by atoms with van der Waals surface area (Å²) in [6, 6.07) is 3.91. The standard InChI is InChI=1S/C15H20N4O3S/c1-11-10-17(2)7-8-18(11)13(20)5-6-19-15(21)22-14(16-19)12-4-3-9-23-12/h3-4,9,11H,5-8,10H2,1-2H3/t11-/m0/s1. The molecule has 0 saturated carbocycles. The summed E-state index contributed by atoms with van der Waals surface area (Å²) >= 11 is 1.46. The number of hydrogen-bond donors (Lipinski definition) is 0. The molecule has 2 aromatic rings. The molecule has 0 N–H and O–H groups in total. The van der Waals surface area contributed by atoms with Crippen LogP contribution in [0, 0.1) is 0 Å². The van der Waals surface area contributed by atoms with Crippen LogP contribution in [0.4, 0.5) is 0 Å². The molecule has 1 atom stereocenters. The predicted octanol–water partition coefficient (Wildman–Crippen LogP) is 1.12. The first-order chi connectivity index (χ1) is 11.0. The Balaban J connectivity index is 1.62. The van der Waals surface area contributed by atoms with E-state index in [4.69, 9.17) is 4.42 Å². The van der Waals surface area contributed by atoms with Gasteiger partial charge in [0.2, 0.25) is 5.91 Å². The Bertz CT molecular complexity index is 721. The minimum Gasteiger partial charge on any atom is -0.387 e. The molecule has 1 amide bonds. The third-order valence-electron chi connectivity index (χ3n) is 4.03. The molecule has 1 aliphatic rings. The lowest BCUT2D eigenvalue weighted by atomic mass is 10.2. The van der Waals surface area contributed by atoms with Crippen molar-refractivity contribution in [3.8, 4) is 10.8 Å². The molecule has 0 spiro atoms. The first-order valence-corrected chi connectivity index (χ1v) is 8.52. The molecule has 0 aliphatic carbocycles. The van der Waals surface area contributed by atoms with Gasteiger partial charge in [-0.3, -0.25) is 4.79 Å². The SMILES string of the molecule is C[C@H]1CN(C)CCN1C(=O)CCn1nc(-c2cccs2)oc1=O. The zero-order valence-electron chi connectivity index (χ0n) is 13.3. The first kappa shape index (κ1) is 15.9. The molecule has 124 valence electrons. The molecule has 2 aromatic heterocycles. The van der Waals surface area contributed by atoms with Crippen molar-refractivity contribution in [2.45, 2.75) is 25.9 Å². The first-order valence-electron chi connectivity index (χ1n) is 7.64. The molecular formula is C15H20N4O3S. The van der Waals surface area contributed by atoms with Gasteiger partial charge in [0.05, 0.1) is 11.4 Å². The number of carbonyl (C=O) groups is 1. The van der Waals surface area contributed by atoms with Gasteiger partial charge in [0.15, 0.2) is 0 Å². The van der Waals surface area contributed by atoms with Gasteiger partial charge >= 0.3 is 5.76 Å². The van der Waals surface area contributed by atoms with Gasteiger partial charge in [-0.25, -0.2) is 4.79 Å². The van der Waals surface area contributed by atoms with E-state index in [1.54, 1.807) is 0 Å². The van der Waals surface area contributed by atoms with Crippen LogP contribution in [0.15, 0.2) is 26.7 Å². The van der Waals surface area contributed by atoms with Gasteiger partial charge in [0.1, 0.15) is 0 Å². The van der Waals surface area contributed by atoms with Crippen LogP contribution in [0.1, 0.15) is 13.3 Å². The van der Waals surface area contributed by atoms with E-state index in [9.17, 15) is 9.59 Å². The highest BCUT2D eigenvalue weighted by Crippen LogP contribution is 2.21. The Morgan fingerprint density at radius 3 is 3.00 bits per heavy atom. The third-order valence-corrected chi connectivity index (χ3v) is 4.88. The molecule has 0 radical (unpaired) electrons.